The van der Waals surface area contributed by atoms with E-state index < -0.39 is 0 Å². The number of piperazine rings is 1. The maximum atomic E-state index is 13.0. The van der Waals surface area contributed by atoms with Gasteiger partial charge in [0.2, 0.25) is 12.7 Å². The Balaban J connectivity index is 1.08. The van der Waals surface area contributed by atoms with Crippen molar-refractivity contribution in [2.75, 3.05) is 46.1 Å². The van der Waals surface area contributed by atoms with Gasteiger partial charge in [0.05, 0.1) is 6.26 Å². The van der Waals surface area contributed by atoms with Crippen LogP contribution < -0.4 is 9.47 Å². The molecule has 31 heavy (non-hydrogen) atoms. The molecule has 1 aromatic heterocycles. The van der Waals surface area contributed by atoms with Crippen molar-refractivity contribution in [2.45, 2.75) is 19.4 Å². The molecule has 3 aliphatic rings. The van der Waals surface area contributed by atoms with E-state index in [1.807, 2.05) is 17.0 Å². The lowest BCUT2D eigenvalue weighted by Crippen LogP contribution is -2.51. The van der Waals surface area contributed by atoms with Gasteiger partial charge in [-0.25, -0.2) is 0 Å². The quantitative estimate of drug-likeness (QED) is 0.748. The van der Waals surface area contributed by atoms with Crippen molar-refractivity contribution in [3.63, 3.8) is 0 Å². The molecule has 0 aliphatic carbocycles. The maximum Gasteiger partial charge on any atom is 0.289 e. The molecule has 164 valence electrons. The van der Waals surface area contributed by atoms with E-state index in [1.54, 1.807) is 17.0 Å². The molecule has 8 nitrogen and oxygen atoms in total. The molecule has 4 heterocycles. The van der Waals surface area contributed by atoms with Gasteiger partial charge in [-0.2, -0.15) is 0 Å². The van der Waals surface area contributed by atoms with Crippen LogP contribution >= 0.6 is 0 Å². The Labute approximate surface area is 181 Å². The van der Waals surface area contributed by atoms with Gasteiger partial charge in [-0.1, -0.05) is 6.07 Å². The standard InChI is InChI=1S/C23H27N3O5/c27-22(18-5-7-25(8-6-18)23(28)20-2-1-13-29-20)26-11-9-24(10-12-26)15-17-3-4-19-21(14-17)31-16-30-19/h1-4,13-14,18H,5-12,15-16H2. The third kappa shape index (κ3) is 4.25. The molecule has 3 aliphatic heterocycles. The number of piperidine rings is 1. The van der Waals surface area contributed by atoms with E-state index >= 15 is 0 Å². The normalized spacial score (nSPS) is 19.6. The Kier molecular flexibility index (Phi) is 5.55. The zero-order valence-electron chi connectivity index (χ0n) is 17.5. The first kappa shape index (κ1) is 19.9. The fourth-order valence-corrected chi connectivity index (χ4v) is 4.57. The first-order valence-electron chi connectivity index (χ1n) is 10.9. The second-order valence-corrected chi connectivity index (χ2v) is 8.33. The van der Waals surface area contributed by atoms with Gasteiger partial charge in [-0.3, -0.25) is 14.5 Å². The lowest BCUT2D eigenvalue weighted by Gasteiger charge is -2.38. The molecule has 0 N–H and O–H groups in total. The molecule has 0 radical (unpaired) electrons. The highest BCUT2D eigenvalue weighted by molar-refractivity contribution is 5.91. The van der Waals surface area contributed by atoms with E-state index in [4.69, 9.17) is 13.9 Å². The molecule has 5 rings (SSSR count). The van der Waals surface area contributed by atoms with E-state index in [2.05, 4.69) is 11.0 Å². The van der Waals surface area contributed by atoms with Crippen LogP contribution in [-0.4, -0.2) is 72.6 Å². The first-order valence-corrected chi connectivity index (χ1v) is 10.9. The van der Waals surface area contributed by atoms with E-state index in [0.29, 0.717) is 31.7 Å². The summed E-state index contributed by atoms with van der Waals surface area (Å²) in [5.41, 5.74) is 1.19. The summed E-state index contributed by atoms with van der Waals surface area (Å²) in [6.45, 7) is 5.53. The van der Waals surface area contributed by atoms with Crippen LogP contribution in [0, 0.1) is 5.92 Å². The molecule has 2 amide bonds. The van der Waals surface area contributed by atoms with Gasteiger partial charge >= 0.3 is 0 Å². The number of benzene rings is 1. The number of ether oxygens (including phenoxy) is 2. The van der Waals surface area contributed by atoms with E-state index in [0.717, 1.165) is 44.2 Å². The van der Waals surface area contributed by atoms with Crippen LogP contribution in [0.2, 0.25) is 0 Å². The second kappa shape index (κ2) is 8.63. The average Bonchev–Trinajstić information content (AvgIpc) is 3.51. The highest BCUT2D eigenvalue weighted by Crippen LogP contribution is 2.33. The first-order chi connectivity index (χ1) is 15.2. The third-order valence-electron chi connectivity index (χ3n) is 6.39. The van der Waals surface area contributed by atoms with E-state index in [1.165, 1.54) is 11.8 Å². The van der Waals surface area contributed by atoms with Crippen molar-refractivity contribution in [3.05, 3.63) is 47.9 Å². The highest BCUT2D eigenvalue weighted by atomic mass is 16.7. The minimum absolute atomic E-state index is 0.000982. The molecule has 2 fully saturated rings. The Morgan fingerprint density at radius 2 is 1.68 bits per heavy atom. The topological polar surface area (TPSA) is 75.5 Å². The fraction of sp³-hybridized carbons (Fsp3) is 0.478. The van der Waals surface area contributed by atoms with Gasteiger partial charge in [0.25, 0.3) is 5.91 Å². The Morgan fingerprint density at radius 1 is 0.903 bits per heavy atom. The summed E-state index contributed by atoms with van der Waals surface area (Å²) in [7, 11) is 0. The van der Waals surface area contributed by atoms with Gasteiger partial charge in [-0.15, -0.1) is 0 Å². The number of furan rings is 1. The lowest BCUT2D eigenvalue weighted by atomic mass is 9.94. The van der Waals surface area contributed by atoms with Gasteiger partial charge in [-0.05, 0) is 42.7 Å². The lowest BCUT2D eigenvalue weighted by molar-refractivity contribution is -0.138. The monoisotopic (exact) mass is 425 g/mol. The van der Waals surface area contributed by atoms with Gasteiger partial charge < -0.3 is 23.7 Å². The van der Waals surface area contributed by atoms with Crippen LogP contribution in [0.1, 0.15) is 29.0 Å². The summed E-state index contributed by atoms with van der Waals surface area (Å²) < 4.78 is 16.0. The van der Waals surface area contributed by atoms with Crippen molar-refractivity contribution in [1.29, 1.82) is 0 Å². The molecule has 8 heteroatoms. The molecule has 2 aromatic rings. The Bertz CT molecular complexity index is 929. The summed E-state index contributed by atoms with van der Waals surface area (Å²) in [5.74, 6) is 2.12. The van der Waals surface area contributed by atoms with Crippen LogP contribution in [0.3, 0.4) is 0 Å². The average molecular weight is 425 g/mol. The largest absolute Gasteiger partial charge is 0.459 e. The van der Waals surface area contributed by atoms with Crippen LogP contribution in [0.4, 0.5) is 0 Å². The molecular formula is C23H27N3O5. The van der Waals surface area contributed by atoms with Crippen LogP contribution in [-0.2, 0) is 11.3 Å². The molecular weight excluding hydrogens is 398 g/mol. The van der Waals surface area contributed by atoms with Crippen molar-refractivity contribution < 1.29 is 23.5 Å². The predicted octanol–water partition coefficient (Wildman–Crippen LogP) is 2.20. The molecule has 0 atom stereocenters. The minimum atomic E-state index is -0.0898. The molecule has 2 saturated heterocycles. The summed E-state index contributed by atoms with van der Waals surface area (Å²) in [5, 5.41) is 0. The number of carbonyl (C=O) groups is 2. The number of amides is 2. The summed E-state index contributed by atoms with van der Waals surface area (Å²) >= 11 is 0. The highest BCUT2D eigenvalue weighted by Gasteiger charge is 2.32. The number of rotatable bonds is 4. The SMILES string of the molecule is O=C(c1ccco1)N1CCC(C(=O)N2CCN(Cc3ccc4c(c3)OCO4)CC2)CC1. The number of likely N-dealkylation sites (tertiary alicyclic amines) is 1. The molecule has 0 bridgehead atoms. The number of nitrogens with zero attached hydrogens (tertiary/aromatic N) is 3. The van der Waals surface area contributed by atoms with Crippen molar-refractivity contribution in [3.8, 4) is 11.5 Å². The van der Waals surface area contributed by atoms with Crippen LogP contribution in [0.25, 0.3) is 0 Å². The fourth-order valence-electron chi connectivity index (χ4n) is 4.57. The second-order valence-electron chi connectivity index (χ2n) is 8.33. The van der Waals surface area contributed by atoms with Gasteiger partial charge in [0.15, 0.2) is 17.3 Å². The zero-order valence-corrected chi connectivity index (χ0v) is 17.5. The van der Waals surface area contributed by atoms with Gasteiger partial charge in [0, 0.05) is 51.7 Å². The molecule has 1 aromatic carbocycles. The van der Waals surface area contributed by atoms with E-state index in [9.17, 15) is 9.59 Å². The number of fused-ring (bicyclic) bond motifs is 1. The predicted molar refractivity (Wildman–Crippen MR) is 112 cm³/mol. The number of hydrogen-bond acceptors (Lipinski definition) is 6. The molecule has 0 saturated carbocycles. The van der Waals surface area contributed by atoms with Gasteiger partial charge in [0.1, 0.15) is 0 Å². The number of carbonyl (C=O) groups excluding carboxylic acids is 2. The van der Waals surface area contributed by atoms with Crippen molar-refractivity contribution in [2.24, 2.45) is 5.92 Å². The molecule has 0 spiro atoms. The summed E-state index contributed by atoms with van der Waals surface area (Å²) in [6, 6.07) is 9.47. The minimum Gasteiger partial charge on any atom is -0.459 e. The maximum absolute atomic E-state index is 13.0. The third-order valence-corrected chi connectivity index (χ3v) is 6.39. The van der Waals surface area contributed by atoms with E-state index in [-0.39, 0.29) is 24.5 Å². The van der Waals surface area contributed by atoms with Crippen LogP contribution in [0.5, 0.6) is 11.5 Å². The summed E-state index contributed by atoms with van der Waals surface area (Å²) in [4.78, 5) is 31.6. The Hall–Kier alpha value is -3.00. The van der Waals surface area contributed by atoms with Crippen LogP contribution in [0.15, 0.2) is 41.0 Å². The van der Waals surface area contributed by atoms with Crippen molar-refractivity contribution in [1.82, 2.24) is 14.7 Å². The number of hydrogen-bond donors (Lipinski definition) is 0. The Morgan fingerprint density at radius 3 is 2.42 bits per heavy atom. The molecule has 0 unspecified atom stereocenters. The zero-order chi connectivity index (χ0) is 21.2. The summed E-state index contributed by atoms with van der Waals surface area (Å²) in [6.07, 6.45) is 2.93. The van der Waals surface area contributed by atoms with Crippen molar-refractivity contribution >= 4 is 11.8 Å². The smallest absolute Gasteiger partial charge is 0.289 e.